The van der Waals surface area contributed by atoms with Crippen LogP contribution in [0.2, 0.25) is 0 Å². The summed E-state index contributed by atoms with van der Waals surface area (Å²) in [4.78, 5) is 0. The third-order valence-electron chi connectivity index (χ3n) is 3.70. The van der Waals surface area contributed by atoms with Crippen LogP contribution in [0.15, 0.2) is 18.2 Å². The van der Waals surface area contributed by atoms with Crippen LogP contribution in [0.1, 0.15) is 24.4 Å². The number of hydrogen-bond acceptors (Lipinski definition) is 3. The Hall–Kier alpha value is -1.13. The second-order valence-electron chi connectivity index (χ2n) is 4.75. The van der Waals surface area contributed by atoms with Crippen molar-refractivity contribution in [3.8, 4) is 5.75 Å². The molecule has 2 N–H and O–H groups in total. The molecule has 1 aliphatic rings. The number of nitrogens with one attached hydrogen (secondary N) is 2. The van der Waals surface area contributed by atoms with Crippen LogP contribution in [0.25, 0.3) is 0 Å². The highest BCUT2D eigenvalue weighted by molar-refractivity contribution is 5.31. The molecule has 1 atom stereocenters. The first-order valence-electron chi connectivity index (χ1n) is 6.47. The average molecular weight is 252 g/mol. The van der Waals surface area contributed by atoms with E-state index >= 15 is 0 Å². The van der Waals surface area contributed by atoms with Crippen molar-refractivity contribution in [3.63, 3.8) is 0 Å². The molecule has 1 aliphatic heterocycles. The lowest BCUT2D eigenvalue weighted by Crippen LogP contribution is -2.35. The SMILES string of the molecule is CNC(c1ccc(OC)c(F)c1)C1CCNCC1. The summed E-state index contributed by atoms with van der Waals surface area (Å²) >= 11 is 0. The van der Waals surface area contributed by atoms with Crippen molar-refractivity contribution < 1.29 is 9.13 Å². The normalized spacial score (nSPS) is 18.6. The van der Waals surface area contributed by atoms with Crippen LogP contribution in [0.5, 0.6) is 5.75 Å². The molecule has 0 aromatic heterocycles. The minimum atomic E-state index is -0.288. The highest BCUT2D eigenvalue weighted by atomic mass is 19.1. The smallest absolute Gasteiger partial charge is 0.165 e. The molecule has 1 saturated heterocycles. The van der Waals surface area contributed by atoms with Crippen molar-refractivity contribution in [1.29, 1.82) is 0 Å². The summed E-state index contributed by atoms with van der Waals surface area (Å²) in [6, 6.07) is 5.45. The van der Waals surface area contributed by atoms with E-state index in [-0.39, 0.29) is 11.9 Å². The van der Waals surface area contributed by atoms with E-state index in [4.69, 9.17) is 4.74 Å². The lowest BCUT2D eigenvalue weighted by molar-refractivity contribution is 0.293. The van der Waals surface area contributed by atoms with Gasteiger partial charge in [0, 0.05) is 6.04 Å². The highest BCUT2D eigenvalue weighted by Gasteiger charge is 2.24. The molecule has 4 heteroatoms. The standard InChI is InChI=1S/C14H21FN2O/c1-16-14(10-5-7-17-8-6-10)11-3-4-13(18-2)12(15)9-11/h3-4,9-10,14,16-17H,5-8H2,1-2H3. The van der Waals surface area contributed by atoms with Gasteiger partial charge in [-0.15, -0.1) is 0 Å². The van der Waals surface area contributed by atoms with Gasteiger partial charge in [0.1, 0.15) is 0 Å². The second-order valence-corrected chi connectivity index (χ2v) is 4.75. The maximum atomic E-state index is 13.7. The zero-order valence-corrected chi connectivity index (χ0v) is 11.0. The molecular formula is C14H21FN2O. The molecule has 3 nitrogen and oxygen atoms in total. The van der Waals surface area contributed by atoms with E-state index < -0.39 is 0 Å². The summed E-state index contributed by atoms with van der Waals surface area (Å²) < 4.78 is 18.7. The van der Waals surface area contributed by atoms with E-state index in [0.717, 1.165) is 31.5 Å². The summed E-state index contributed by atoms with van der Waals surface area (Å²) in [5.41, 5.74) is 1.00. The number of benzene rings is 1. The van der Waals surface area contributed by atoms with Crippen LogP contribution >= 0.6 is 0 Å². The van der Waals surface area contributed by atoms with Crippen molar-refractivity contribution in [3.05, 3.63) is 29.6 Å². The molecule has 1 fully saturated rings. The Kier molecular flexibility index (Phi) is 4.55. The summed E-state index contributed by atoms with van der Waals surface area (Å²) in [6.45, 7) is 2.09. The van der Waals surface area contributed by atoms with Crippen LogP contribution < -0.4 is 15.4 Å². The number of rotatable bonds is 4. The Bertz CT molecular complexity index is 391. The predicted molar refractivity (Wildman–Crippen MR) is 70.3 cm³/mol. The van der Waals surface area contributed by atoms with Crippen molar-refractivity contribution in [2.45, 2.75) is 18.9 Å². The molecule has 0 aliphatic carbocycles. The fraction of sp³-hybridized carbons (Fsp3) is 0.571. The maximum Gasteiger partial charge on any atom is 0.165 e. The molecule has 1 aromatic carbocycles. The zero-order chi connectivity index (χ0) is 13.0. The number of piperidine rings is 1. The molecule has 0 spiro atoms. The van der Waals surface area contributed by atoms with Gasteiger partial charge in [-0.1, -0.05) is 6.07 Å². The molecule has 0 amide bonds. The van der Waals surface area contributed by atoms with Crippen molar-refractivity contribution in [2.75, 3.05) is 27.2 Å². The number of halogens is 1. The Morgan fingerprint density at radius 2 is 2.11 bits per heavy atom. The van der Waals surface area contributed by atoms with E-state index in [9.17, 15) is 4.39 Å². The molecule has 100 valence electrons. The molecule has 1 heterocycles. The van der Waals surface area contributed by atoms with Crippen molar-refractivity contribution in [2.24, 2.45) is 5.92 Å². The Morgan fingerprint density at radius 1 is 1.39 bits per heavy atom. The quantitative estimate of drug-likeness (QED) is 0.861. The summed E-state index contributed by atoms with van der Waals surface area (Å²) in [7, 11) is 3.43. The second kappa shape index (κ2) is 6.16. The topological polar surface area (TPSA) is 33.3 Å². The van der Waals surface area contributed by atoms with E-state index in [1.54, 1.807) is 12.1 Å². The van der Waals surface area contributed by atoms with Gasteiger partial charge >= 0.3 is 0 Å². The number of ether oxygens (including phenoxy) is 1. The minimum absolute atomic E-state index is 0.215. The van der Waals surface area contributed by atoms with E-state index in [0.29, 0.717) is 11.7 Å². The first-order chi connectivity index (χ1) is 8.76. The van der Waals surface area contributed by atoms with Gasteiger partial charge in [-0.3, -0.25) is 0 Å². The zero-order valence-electron chi connectivity index (χ0n) is 11.0. The highest BCUT2D eigenvalue weighted by Crippen LogP contribution is 2.30. The van der Waals surface area contributed by atoms with Crippen LogP contribution in [-0.2, 0) is 0 Å². The van der Waals surface area contributed by atoms with E-state index in [1.807, 2.05) is 13.1 Å². The van der Waals surface area contributed by atoms with Gasteiger partial charge in [0.2, 0.25) is 0 Å². The molecule has 2 rings (SSSR count). The first-order valence-corrected chi connectivity index (χ1v) is 6.47. The van der Waals surface area contributed by atoms with E-state index in [1.165, 1.54) is 7.11 Å². The van der Waals surface area contributed by atoms with Gasteiger partial charge in [0.15, 0.2) is 11.6 Å². The fourth-order valence-corrected chi connectivity index (χ4v) is 2.73. The van der Waals surface area contributed by atoms with Gasteiger partial charge in [0.05, 0.1) is 7.11 Å². The average Bonchev–Trinajstić information content (AvgIpc) is 2.41. The van der Waals surface area contributed by atoms with Gasteiger partial charge in [0.25, 0.3) is 0 Å². The molecule has 0 bridgehead atoms. The largest absolute Gasteiger partial charge is 0.494 e. The van der Waals surface area contributed by atoms with Crippen molar-refractivity contribution >= 4 is 0 Å². The Labute approximate surface area is 108 Å². The number of methoxy groups -OCH3 is 1. The van der Waals surface area contributed by atoms with E-state index in [2.05, 4.69) is 10.6 Å². The van der Waals surface area contributed by atoms with Gasteiger partial charge in [-0.05, 0) is 56.6 Å². The lowest BCUT2D eigenvalue weighted by Gasteiger charge is -2.31. The molecule has 1 unspecified atom stereocenters. The summed E-state index contributed by atoms with van der Waals surface area (Å²) in [5, 5.41) is 6.67. The van der Waals surface area contributed by atoms with Crippen LogP contribution in [-0.4, -0.2) is 27.2 Å². The van der Waals surface area contributed by atoms with Gasteiger partial charge < -0.3 is 15.4 Å². The molecule has 0 saturated carbocycles. The Morgan fingerprint density at radius 3 is 2.67 bits per heavy atom. The molecular weight excluding hydrogens is 231 g/mol. The van der Waals surface area contributed by atoms with Crippen molar-refractivity contribution in [1.82, 2.24) is 10.6 Å². The minimum Gasteiger partial charge on any atom is -0.494 e. The third-order valence-corrected chi connectivity index (χ3v) is 3.70. The summed E-state index contributed by atoms with van der Waals surface area (Å²) in [6.07, 6.45) is 2.25. The summed E-state index contributed by atoms with van der Waals surface area (Å²) in [5.74, 6) is 0.576. The van der Waals surface area contributed by atoms with Crippen LogP contribution in [0, 0.1) is 11.7 Å². The third kappa shape index (κ3) is 2.82. The predicted octanol–water partition coefficient (Wildman–Crippen LogP) is 2.09. The number of hydrogen-bond donors (Lipinski definition) is 2. The fourth-order valence-electron chi connectivity index (χ4n) is 2.73. The molecule has 18 heavy (non-hydrogen) atoms. The molecule has 1 aromatic rings. The monoisotopic (exact) mass is 252 g/mol. The molecule has 0 radical (unpaired) electrons. The van der Waals surface area contributed by atoms with Crippen LogP contribution in [0.4, 0.5) is 4.39 Å². The lowest BCUT2D eigenvalue weighted by atomic mass is 9.86. The first kappa shape index (κ1) is 13.3. The van der Waals surface area contributed by atoms with Gasteiger partial charge in [-0.25, -0.2) is 4.39 Å². The Balaban J connectivity index is 2.18. The van der Waals surface area contributed by atoms with Gasteiger partial charge in [-0.2, -0.15) is 0 Å². The van der Waals surface area contributed by atoms with Crippen LogP contribution in [0.3, 0.4) is 0 Å². The maximum absolute atomic E-state index is 13.7.